The molecule has 3 aliphatic rings. The van der Waals surface area contributed by atoms with Gasteiger partial charge in [0.2, 0.25) is 0 Å². The number of benzene rings is 1. The van der Waals surface area contributed by atoms with Crippen LogP contribution in [-0.2, 0) is 6.54 Å². The Morgan fingerprint density at radius 1 is 1.03 bits per heavy atom. The number of likely N-dealkylation sites (N-methyl/N-ethyl adjacent to an activating group) is 1. The van der Waals surface area contributed by atoms with Crippen molar-refractivity contribution in [2.75, 3.05) is 38.6 Å². The molecule has 0 radical (unpaired) electrons. The van der Waals surface area contributed by atoms with Gasteiger partial charge in [-0.1, -0.05) is 12.1 Å². The average molecular weight is 467 g/mol. The topological polar surface area (TPSA) is 68.9 Å². The first-order valence-corrected chi connectivity index (χ1v) is 13.5. The van der Waals surface area contributed by atoms with Gasteiger partial charge in [-0.25, -0.2) is 4.99 Å². The van der Waals surface area contributed by atoms with Gasteiger partial charge in [0, 0.05) is 56.6 Å². The minimum absolute atomic E-state index is 0.391. The van der Waals surface area contributed by atoms with Crippen molar-refractivity contribution in [2.24, 2.45) is 22.6 Å². The van der Waals surface area contributed by atoms with Crippen LogP contribution >= 0.6 is 0 Å². The van der Waals surface area contributed by atoms with E-state index in [1.807, 2.05) is 0 Å². The van der Waals surface area contributed by atoms with Crippen LogP contribution in [0, 0.1) is 11.8 Å². The molecule has 0 spiro atoms. The Balaban J connectivity index is 1.27. The molecule has 0 saturated heterocycles. The number of nitrogens with one attached hydrogen (secondary N) is 2. The molecular formula is C28H46N6. The first-order chi connectivity index (χ1) is 16.4. The molecule has 1 atom stereocenters. The Morgan fingerprint density at radius 3 is 2.35 bits per heavy atom. The van der Waals surface area contributed by atoms with Crippen molar-refractivity contribution in [1.82, 2.24) is 15.5 Å². The number of aliphatic imine (C=N–C) groups is 1. The van der Waals surface area contributed by atoms with Crippen LogP contribution in [0.5, 0.6) is 0 Å². The van der Waals surface area contributed by atoms with Crippen molar-refractivity contribution in [3.8, 4) is 0 Å². The maximum absolute atomic E-state index is 6.97. The molecule has 4 N–H and O–H groups in total. The molecule has 1 saturated carbocycles. The summed E-state index contributed by atoms with van der Waals surface area (Å²) in [4.78, 5) is 9.66. The summed E-state index contributed by atoms with van der Waals surface area (Å²) in [6, 6.07) is 9.03. The van der Waals surface area contributed by atoms with Crippen LogP contribution in [0.2, 0.25) is 0 Å². The van der Waals surface area contributed by atoms with Crippen LogP contribution in [0.1, 0.15) is 70.8 Å². The van der Waals surface area contributed by atoms with E-state index < -0.39 is 5.79 Å². The fourth-order valence-electron chi connectivity index (χ4n) is 6.01. The van der Waals surface area contributed by atoms with Gasteiger partial charge in [0.05, 0.1) is 0 Å². The Labute approximate surface area is 207 Å². The lowest BCUT2D eigenvalue weighted by atomic mass is 9.77. The summed E-state index contributed by atoms with van der Waals surface area (Å²) in [6.07, 6.45) is 9.45. The summed E-state index contributed by atoms with van der Waals surface area (Å²) in [5.74, 6) is 1.56. The van der Waals surface area contributed by atoms with Crippen LogP contribution in [-0.4, -0.2) is 50.3 Å². The lowest BCUT2D eigenvalue weighted by Crippen LogP contribution is -2.61. The predicted octanol–water partition coefficient (Wildman–Crippen LogP) is 4.43. The molecule has 6 nitrogen and oxygen atoms in total. The first kappa shape index (κ1) is 25.1. The molecule has 0 bridgehead atoms. The third-order valence-electron chi connectivity index (χ3n) is 8.10. The second-order valence-corrected chi connectivity index (χ2v) is 10.6. The zero-order valence-corrected chi connectivity index (χ0v) is 21.9. The fourth-order valence-corrected chi connectivity index (χ4v) is 6.01. The molecule has 1 heterocycles. The molecule has 0 aromatic heterocycles. The molecule has 2 aliphatic carbocycles. The number of nitrogens with two attached hydrogens (primary N) is 1. The van der Waals surface area contributed by atoms with E-state index in [1.54, 1.807) is 0 Å². The molecular weight excluding hydrogens is 420 g/mol. The van der Waals surface area contributed by atoms with E-state index in [4.69, 9.17) is 10.7 Å². The van der Waals surface area contributed by atoms with Gasteiger partial charge in [-0.2, -0.15) is 0 Å². The van der Waals surface area contributed by atoms with E-state index >= 15 is 0 Å². The molecule has 1 aliphatic heterocycles. The third-order valence-corrected chi connectivity index (χ3v) is 8.10. The summed E-state index contributed by atoms with van der Waals surface area (Å²) >= 11 is 0. The molecule has 1 aromatic carbocycles. The number of allylic oxidation sites excluding steroid dienone is 1. The quantitative estimate of drug-likeness (QED) is 0.529. The van der Waals surface area contributed by atoms with Crippen molar-refractivity contribution in [2.45, 2.75) is 77.5 Å². The van der Waals surface area contributed by atoms with Crippen molar-refractivity contribution < 1.29 is 0 Å². The summed E-state index contributed by atoms with van der Waals surface area (Å²) < 4.78 is 0. The maximum Gasteiger partial charge on any atom is 0.187 e. The smallest absolute Gasteiger partial charge is 0.187 e. The first-order valence-electron chi connectivity index (χ1n) is 13.5. The Bertz CT molecular complexity index is 861. The van der Waals surface area contributed by atoms with Gasteiger partial charge in [-0.05, 0) is 95.4 Å². The second-order valence-electron chi connectivity index (χ2n) is 10.6. The Kier molecular flexibility index (Phi) is 8.20. The van der Waals surface area contributed by atoms with Gasteiger partial charge in [0.25, 0.3) is 0 Å². The minimum atomic E-state index is -0.652. The third kappa shape index (κ3) is 5.60. The van der Waals surface area contributed by atoms with E-state index in [9.17, 15) is 0 Å². The molecule has 34 heavy (non-hydrogen) atoms. The molecule has 0 amide bonds. The normalized spacial score (nSPS) is 27.0. The number of hydrogen-bond donors (Lipinski definition) is 3. The van der Waals surface area contributed by atoms with Gasteiger partial charge >= 0.3 is 0 Å². The lowest BCUT2D eigenvalue weighted by molar-refractivity contribution is 0.150. The summed E-state index contributed by atoms with van der Waals surface area (Å²) in [5, 5.41) is 7.42. The number of rotatable bonds is 8. The largest absolute Gasteiger partial charge is 0.372 e. The maximum atomic E-state index is 6.97. The molecule has 1 aromatic rings. The van der Waals surface area contributed by atoms with Crippen molar-refractivity contribution in [3.63, 3.8) is 0 Å². The molecule has 1 unspecified atom stereocenters. The highest BCUT2D eigenvalue weighted by atomic mass is 15.3. The number of anilines is 1. The molecule has 6 heteroatoms. The van der Waals surface area contributed by atoms with Crippen LogP contribution in [0.15, 0.2) is 40.5 Å². The molecule has 1 fully saturated rings. The monoisotopic (exact) mass is 466 g/mol. The average Bonchev–Trinajstić information content (AvgIpc) is 2.85. The summed E-state index contributed by atoms with van der Waals surface area (Å²) in [7, 11) is 4.20. The minimum Gasteiger partial charge on any atom is -0.372 e. The predicted molar refractivity (Wildman–Crippen MR) is 144 cm³/mol. The highest BCUT2D eigenvalue weighted by molar-refractivity contribution is 5.99. The van der Waals surface area contributed by atoms with E-state index in [2.05, 4.69) is 72.6 Å². The van der Waals surface area contributed by atoms with Crippen LogP contribution < -0.4 is 21.3 Å². The fraction of sp³-hybridized carbons (Fsp3) is 0.679. The van der Waals surface area contributed by atoms with E-state index in [0.717, 1.165) is 63.6 Å². The van der Waals surface area contributed by atoms with Crippen LogP contribution in [0.25, 0.3) is 0 Å². The SMILES string of the molecule is CCN(CC)c1ccc(CNCC2CCC(C3(N)N=C(N(C)C)C4=C(CCCC4)N3)CC2)cc1. The van der Waals surface area contributed by atoms with Crippen LogP contribution in [0.4, 0.5) is 5.69 Å². The van der Waals surface area contributed by atoms with E-state index in [-0.39, 0.29) is 0 Å². The zero-order chi connectivity index (χ0) is 24.1. The van der Waals surface area contributed by atoms with Gasteiger partial charge in [0.15, 0.2) is 5.79 Å². The van der Waals surface area contributed by atoms with Crippen molar-refractivity contribution in [3.05, 3.63) is 41.1 Å². The Morgan fingerprint density at radius 2 is 1.71 bits per heavy atom. The standard InChI is InChI=1S/C28H46N6/c1-5-34(6-2)24-17-13-22(14-18-24)20-30-19-21-11-15-23(16-12-21)28(29)31-26-10-8-7-9-25(26)27(32-28)33(3)4/h13-14,17-18,21,23,30-31H,5-12,15-16,19-20,29H2,1-4H3. The summed E-state index contributed by atoms with van der Waals surface area (Å²) in [6.45, 7) is 8.55. The number of nitrogens with zero attached hydrogens (tertiary/aromatic N) is 3. The van der Waals surface area contributed by atoms with Crippen LogP contribution in [0.3, 0.4) is 0 Å². The van der Waals surface area contributed by atoms with Gasteiger partial charge in [-0.3, -0.25) is 5.73 Å². The summed E-state index contributed by atoms with van der Waals surface area (Å²) in [5.41, 5.74) is 12.4. The molecule has 188 valence electrons. The van der Waals surface area contributed by atoms with Gasteiger partial charge in [0.1, 0.15) is 5.84 Å². The zero-order valence-electron chi connectivity index (χ0n) is 21.9. The highest BCUT2D eigenvalue weighted by Crippen LogP contribution is 2.38. The van der Waals surface area contributed by atoms with E-state index in [1.165, 1.54) is 48.2 Å². The van der Waals surface area contributed by atoms with E-state index in [0.29, 0.717) is 5.92 Å². The lowest BCUT2D eigenvalue weighted by Gasteiger charge is -2.45. The van der Waals surface area contributed by atoms with Gasteiger partial charge < -0.3 is 20.4 Å². The van der Waals surface area contributed by atoms with Crippen molar-refractivity contribution in [1.29, 1.82) is 0 Å². The number of amidine groups is 1. The van der Waals surface area contributed by atoms with Gasteiger partial charge in [-0.15, -0.1) is 0 Å². The second kappa shape index (κ2) is 11.1. The highest BCUT2D eigenvalue weighted by Gasteiger charge is 2.42. The number of hydrogen-bond acceptors (Lipinski definition) is 6. The molecule has 4 rings (SSSR count). The van der Waals surface area contributed by atoms with Crippen molar-refractivity contribution >= 4 is 11.5 Å². The Hall–Kier alpha value is -2.05.